The Hall–Kier alpha value is -1.82. The molecule has 1 atom stereocenters. The second-order valence-corrected chi connectivity index (χ2v) is 5.86. The van der Waals surface area contributed by atoms with Crippen molar-refractivity contribution in [3.63, 3.8) is 0 Å². The zero-order valence-corrected chi connectivity index (χ0v) is 10.6. The molecule has 0 bridgehead atoms. The van der Waals surface area contributed by atoms with Crippen molar-refractivity contribution in [2.45, 2.75) is 6.04 Å². The number of benzene rings is 1. The number of hydrogen-bond acceptors (Lipinski definition) is 5. The van der Waals surface area contributed by atoms with Crippen LogP contribution < -0.4 is 4.74 Å². The molecule has 0 radical (unpaired) electrons. The van der Waals surface area contributed by atoms with Gasteiger partial charge in [-0.2, -0.15) is 0 Å². The lowest BCUT2D eigenvalue weighted by Crippen LogP contribution is -2.08. The van der Waals surface area contributed by atoms with E-state index in [1.807, 2.05) is 0 Å². The number of aromatic hydroxyl groups is 1. The van der Waals surface area contributed by atoms with Gasteiger partial charge in [-0.3, -0.25) is 4.99 Å². The van der Waals surface area contributed by atoms with Gasteiger partial charge in [-0.15, -0.1) is 0 Å². The van der Waals surface area contributed by atoms with Crippen LogP contribution in [0.4, 0.5) is 0 Å². The van der Waals surface area contributed by atoms with E-state index < -0.39 is 9.84 Å². The lowest BCUT2D eigenvalue weighted by molar-refractivity contribution is 0.412. The van der Waals surface area contributed by atoms with Crippen molar-refractivity contribution < 1.29 is 18.3 Å². The van der Waals surface area contributed by atoms with Gasteiger partial charge in [0.05, 0.1) is 18.9 Å². The molecular weight excluding hydrogens is 254 g/mol. The first kappa shape index (κ1) is 12.6. The summed E-state index contributed by atoms with van der Waals surface area (Å²) in [5, 5.41) is 10.8. The molecule has 1 aliphatic heterocycles. The van der Waals surface area contributed by atoms with E-state index in [9.17, 15) is 13.5 Å². The molecule has 0 saturated heterocycles. The van der Waals surface area contributed by atoms with Crippen molar-refractivity contribution in [1.82, 2.24) is 0 Å². The Morgan fingerprint density at radius 1 is 1.50 bits per heavy atom. The van der Waals surface area contributed by atoms with Crippen molar-refractivity contribution in [3.8, 4) is 11.5 Å². The molecule has 1 N–H and O–H groups in total. The van der Waals surface area contributed by atoms with Crippen LogP contribution in [0.3, 0.4) is 0 Å². The Morgan fingerprint density at radius 2 is 2.28 bits per heavy atom. The number of phenols is 1. The van der Waals surface area contributed by atoms with Crippen LogP contribution in [0.25, 0.3) is 0 Å². The normalized spacial score (nSPS) is 21.5. The molecule has 2 rings (SSSR count). The van der Waals surface area contributed by atoms with E-state index in [4.69, 9.17) is 4.74 Å². The highest BCUT2D eigenvalue weighted by Crippen LogP contribution is 2.21. The third-order valence-electron chi connectivity index (χ3n) is 2.55. The van der Waals surface area contributed by atoms with E-state index in [1.165, 1.54) is 30.9 Å². The second kappa shape index (κ2) is 4.81. The molecule has 0 unspecified atom stereocenters. The molecule has 0 spiro atoms. The van der Waals surface area contributed by atoms with Gasteiger partial charge in [0, 0.05) is 17.2 Å². The van der Waals surface area contributed by atoms with Gasteiger partial charge < -0.3 is 9.84 Å². The molecule has 0 aromatic heterocycles. The minimum absolute atomic E-state index is 0.0196. The third-order valence-corrected chi connectivity index (χ3v) is 3.93. The van der Waals surface area contributed by atoms with Crippen molar-refractivity contribution >= 4 is 16.1 Å². The fourth-order valence-electron chi connectivity index (χ4n) is 1.59. The number of nitrogens with zero attached hydrogens (tertiary/aromatic N) is 1. The molecular formula is C12H13NO4S. The summed E-state index contributed by atoms with van der Waals surface area (Å²) < 4.78 is 27.4. The van der Waals surface area contributed by atoms with Gasteiger partial charge in [0.1, 0.15) is 11.5 Å². The lowest BCUT2D eigenvalue weighted by Gasteiger charge is -2.04. The number of methoxy groups -OCH3 is 1. The van der Waals surface area contributed by atoms with E-state index in [-0.39, 0.29) is 17.5 Å². The number of ether oxygens (including phenoxy) is 1. The third kappa shape index (κ3) is 2.89. The van der Waals surface area contributed by atoms with Crippen LogP contribution in [0, 0.1) is 0 Å². The predicted octanol–water partition coefficient (Wildman–Crippen LogP) is 1.13. The summed E-state index contributed by atoms with van der Waals surface area (Å²) in [4.78, 5) is 4.12. The Labute approximate surface area is 105 Å². The summed E-state index contributed by atoms with van der Waals surface area (Å²) in [6.07, 6.45) is 2.98. The second-order valence-electron chi connectivity index (χ2n) is 3.93. The van der Waals surface area contributed by atoms with Crippen LogP contribution in [-0.2, 0) is 9.84 Å². The molecule has 1 heterocycles. The number of phenolic OH excluding ortho intramolecular Hbond substituents is 1. The summed E-state index contributed by atoms with van der Waals surface area (Å²) >= 11 is 0. The van der Waals surface area contributed by atoms with Crippen molar-refractivity contribution in [2.24, 2.45) is 4.99 Å². The van der Waals surface area contributed by atoms with Crippen LogP contribution in [-0.4, -0.2) is 38.6 Å². The monoisotopic (exact) mass is 267 g/mol. The van der Waals surface area contributed by atoms with E-state index in [0.717, 1.165) is 0 Å². The van der Waals surface area contributed by atoms with Gasteiger partial charge in [-0.25, -0.2) is 8.42 Å². The van der Waals surface area contributed by atoms with Gasteiger partial charge in [0.25, 0.3) is 0 Å². The van der Waals surface area contributed by atoms with Gasteiger partial charge in [0.15, 0.2) is 9.84 Å². The van der Waals surface area contributed by atoms with Crippen LogP contribution in [0.2, 0.25) is 0 Å². The molecule has 1 aromatic carbocycles. The molecule has 0 amide bonds. The van der Waals surface area contributed by atoms with Crippen molar-refractivity contribution in [1.29, 1.82) is 0 Å². The number of rotatable bonds is 3. The van der Waals surface area contributed by atoms with Gasteiger partial charge in [-0.05, 0) is 24.3 Å². The highest BCUT2D eigenvalue weighted by Gasteiger charge is 2.20. The fourth-order valence-corrected chi connectivity index (χ4v) is 2.80. The Balaban J connectivity index is 2.17. The first-order chi connectivity index (χ1) is 8.50. The summed E-state index contributed by atoms with van der Waals surface area (Å²) in [6, 6.07) is 4.38. The van der Waals surface area contributed by atoms with Crippen LogP contribution in [0.1, 0.15) is 5.56 Å². The molecule has 5 nitrogen and oxygen atoms in total. The highest BCUT2D eigenvalue weighted by molar-refractivity contribution is 7.94. The maximum atomic E-state index is 11.2. The topological polar surface area (TPSA) is 76.0 Å². The SMILES string of the molecule is COc1ccc(O)c(C=N[C@H]2C=CS(=O)(=O)C2)c1. The van der Waals surface area contributed by atoms with Crippen molar-refractivity contribution in [2.75, 3.05) is 12.9 Å². The number of aliphatic imine (C=N–C) groups is 1. The van der Waals surface area contributed by atoms with E-state index in [0.29, 0.717) is 11.3 Å². The van der Waals surface area contributed by atoms with E-state index in [2.05, 4.69) is 4.99 Å². The first-order valence-corrected chi connectivity index (χ1v) is 7.03. The first-order valence-electron chi connectivity index (χ1n) is 5.31. The number of hydrogen-bond donors (Lipinski definition) is 1. The Kier molecular flexibility index (Phi) is 3.38. The molecule has 1 aromatic rings. The molecule has 0 aliphatic carbocycles. The molecule has 0 fully saturated rings. The Morgan fingerprint density at radius 3 is 2.89 bits per heavy atom. The standard InChI is InChI=1S/C12H13NO4S/c1-17-11-2-3-12(14)9(6-11)7-13-10-4-5-18(15,16)8-10/h2-7,10,14H,8H2,1H3/t10-/m0/s1. The summed E-state index contributed by atoms with van der Waals surface area (Å²) in [5.74, 6) is 0.655. The summed E-state index contributed by atoms with van der Waals surface area (Å²) in [7, 11) is -1.58. The zero-order valence-electron chi connectivity index (χ0n) is 9.78. The Bertz CT molecular complexity index is 605. The van der Waals surface area contributed by atoms with Crippen LogP contribution >= 0.6 is 0 Å². The van der Waals surface area contributed by atoms with Crippen LogP contribution in [0.5, 0.6) is 11.5 Å². The maximum absolute atomic E-state index is 11.2. The summed E-state index contributed by atoms with van der Waals surface area (Å²) in [6.45, 7) is 0. The average molecular weight is 267 g/mol. The molecule has 6 heteroatoms. The fraction of sp³-hybridized carbons (Fsp3) is 0.250. The maximum Gasteiger partial charge on any atom is 0.173 e. The highest BCUT2D eigenvalue weighted by atomic mass is 32.2. The molecule has 0 saturated carbocycles. The molecule has 96 valence electrons. The number of sulfone groups is 1. The smallest absolute Gasteiger partial charge is 0.173 e. The van der Waals surface area contributed by atoms with Crippen LogP contribution in [0.15, 0.2) is 34.7 Å². The quantitative estimate of drug-likeness (QED) is 0.833. The lowest BCUT2D eigenvalue weighted by atomic mass is 10.2. The minimum atomic E-state index is -3.10. The van der Waals surface area contributed by atoms with Gasteiger partial charge in [0.2, 0.25) is 0 Å². The summed E-state index contributed by atoms with van der Waals surface area (Å²) in [5.41, 5.74) is 0.493. The largest absolute Gasteiger partial charge is 0.507 e. The average Bonchev–Trinajstić information content (AvgIpc) is 2.68. The van der Waals surface area contributed by atoms with Gasteiger partial charge in [-0.1, -0.05) is 0 Å². The minimum Gasteiger partial charge on any atom is -0.507 e. The van der Waals surface area contributed by atoms with Gasteiger partial charge >= 0.3 is 0 Å². The predicted molar refractivity (Wildman–Crippen MR) is 69.0 cm³/mol. The van der Waals surface area contributed by atoms with Crippen molar-refractivity contribution in [3.05, 3.63) is 35.2 Å². The van der Waals surface area contributed by atoms with E-state index in [1.54, 1.807) is 12.1 Å². The molecule has 18 heavy (non-hydrogen) atoms. The molecule has 1 aliphatic rings. The zero-order chi connectivity index (χ0) is 13.2. The van der Waals surface area contributed by atoms with E-state index >= 15 is 0 Å².